The third-order valence-corrected chi connectivity index (χ3v) is 8.60. The van der Waals surface area contributed by atoms with Crippen LogP contribution in [0.15, 0.2) is 54.6 Å². The zero-order valence-corrected chi connectivity index (χ0v) is 31.1. The second kappa shape index (κ2) is 19.5. The molecule has 1 aliphatic heterocycles. The molecular formula is C37H52N8O9. The number of likely N-dealkylation sites (tertiary alicyclic amines) is 1. The molecule has 294 valence electrons. The van der Waals surface area contributed by atoms with Crippen LogP contribution in [0.2, 0.25) is 0 Å². The third-order valence-electron chi connectivity index (χ3n) is 8.60. The van der Waals surface area contributed by atoms with Crippen LogP contribution in [0.25, 0.3) is 0 Å². The molecule has 0 unspecified atom stereocenters. The number of hydrogen-bond donors (Lipinski definition) is 7. The SMILES string of the molecule is CN(C(=O)[C@@H](N)CCC(N)=O)c1ccc(OCC(=O)N[C@@H](CC(N)=O)C(=O)N[C@@H](Cc2ccccc2)[C@H](O)C(=O)N2CCC[C@H]2C(=O)NC(C)(C)C)cc1. The van der Waals surface area contributed by atoms with Gasteiger partial charge in [0.15, 0.2) is 12.7 Å². The number of aliphatic hydroxyl groups is 1. The molecule has 2 aromatic rings. The van der Waals surface area contributed by atoms with Gasteiger partial charge >= 0.3 is 0 Å². The van der Waals surface area contributed by atoms with Gasteiger partial charge in [-0.1, -0.05) is 30.3 Å². The molecule has 1 saturated heterocycles. The Bertz CT molecular complexity index is 1650. The second-order valence-electron chi connectivity index (χ2n) is 14.3. The summed E-state index contributed by atoms with van der Waals surface area (Å²) in [5.41, 5.74) is 17.0. The average Bonchev–Trinajstić information content (AvgIpc) is 3.61. The lowest BCUT2D eigenvalue weighted by Crippen LogP contribution is -2.59. The van der Waals surface area contributed by atoms with Gasteiger partial charge in [0.2, 0.25) is 29.5 Å². The predicted molar refractivity (Wildman–Crippen MR) is 198 cm³/mol. The molecule has 0 spiro atoms. The molecule has 1 aliphatic rings. The van der Waals surface area contributed by atoms with E-state index in [1.807, 2.05) is 20.8 Å². The summed E-state index contributed by atoms with van der Waals surface area (Å²) in [6, 6.07) is 10.4. The highest BCUT2D eigenvalue weighted by Gasteiger charge is 2.41. The topological polar surface area (TPSA) is 270 Å². The van der Waals surface area contributed by atoms with Crippen molar-refractivity contribution in [2.45, 2.75) is 95.1 Å². The number of nitrogens with zero attached hydrogens (tertiary/aromatic N) is 2. The van der Waals surface area contributed by atoms with Crippen molar-refractivity contribution in [2.75, 3.05) is 25.1 Å². The van der Waals surface area contributed by atoms with Gasteiger partial charge in [-0.2, -0.15) is 0 Å². The molecular weight excluding hydrogens is 700 g/mol. The van der Waals surface area contributed by atoms with Crippen molar-refractivity contribution in [3.63, 3.8) is 0 Å². The van der Waals surface area contributed by atoms with Gasteiger partial charge in [0.1, 0.15) is 17.8 Å². The van der Waals surface area contributed by atoms with Gasteiger partial charge < -0.3 is 52.8 Å². The number of ether oxygens (including phenoxy) is 1. The van der Waals surface area contributed by atoms with Gasteiger partial charge in [-0.3, -0.25) is 33.6 Å². The summed E-state index contributed by atoms with van der Waals surface area (Å²) in [4.78, 5) is 91.5. The van der Waals surface area contributed by atoms with E-state index in [2.05, 4.69) is 16.0 Å². The number of rotatable bonds is 18. The molecule has 1 heterocycles. The van der Waals surface area contributed by atoms with Crippen LogP contribution in [0.4, 0.5) is 5.69 Å². The fraction of sp³-hybridized carbons (Fsp3) is 0.486. The van der Waals surface area contributed by atoms with Gasteiger partial charge in [-0.15, -0.1) is 0 Å². The Hall–Kier alpha value is -5.55. The second-order valence-corrected chi connectivity index (χ2v) is 14.3. The summed E-state index contributed by atoms with van der Waals surface area (Å²) >= 11 is 0. The van der Waals surface area contributed by atoms with E-state index in [9.17, 15) is 38.7 Å². The molecule has 54 heavy (non-hydrogen) atoms. The van der Waals surface area contributed by atoms with Crippen LogP contribution in [-0.4, -0.2) is 107 Å². The van der Waals surface area contributed by atoms with Crippen molar-refractivity contribution in [2.24, 2.45) is 17.2 Å². The van der Waals surface area contributed by atoms with E-state index in [1.165, 1.54) is 29.0 Å². The van der Waals surface area contributed by atoms with E-state index in [4.69, 9.17) is 21.9 Å². The number of likely N-dealkylation sites (N-methyl/N-ethyl adjacent to an activating group) is 1. The maximum Gasteiger partial charge on any atom is 0.258 e. The molecule has 7 amide bonds. The number of anilines is 1. The van der Waals surface area contributed by atoms with Crippen LogP contribution >= 0.6 is 0 Å². The Kier molecular flexibility index (Phi) is 15.5. The normalized spacial score (nSPS) is 16.3. The van der Waals surface area contributed by atoms with E-state index in [1.54, 1.807) is 42.5 Å². The summed E-state index contributed by atoms with van der Waals surface area (Å²) in [6.07, 6.45) is -1.38. The fourth-order valence-electron chi connectivity index (χ4n) is 5.85. The molecule has 0 aliphatic carbocycles. The first-order chi connectivity index (χ1) is 25.4. The highest BCUT2D eigenvalue weighted by molar-refractivity contribution is 5.97. The minimum Gasteiger partial charge on any atom is -0.484 e. The Morgan fingerprint density at radius 1 is 0.963 bits per heavy atom. The molecule has 0 saturated carbocycles. The molecule has 1 fully saturated rings. The maximum atomic E-state index is 13.7. The molecule has 17 nitrogen and oxygen atoms in total. The van der Waals surface area contributed by atoms with Gasteiger partial charge in [0, 0.05) is 31.2 Å². The summed E-state index contributed by atoms with van der Waals surface area (Å²) in [5.74, 6) is -4.44. The van der Waals surface area contributed by atoms with Crippen molar-refractivity contribution in [3.05, 3.63) is 60.2 Å². The van der Waals surface area contributed by atoms with Gasteiger partial charge in [0.05, 0.1) is 18.5 Å². The molecule has 3 rings (SSSR count). The highest BCUT2D eigenvalue weighted by atomic mass is 16.5. The molecule has 0 bridgehead atoms. The van der Waals surface area contributed by atoms with Gasteiger partial charge in [0.25, 0.3) is 11.8 Å². The zero-order valence-electron chi connectivity index (χ0n) is 31.1. The number of carbonyl (C=O) groups excluding carboxylic acids is 7. The number of hydrogen-bond acceptors (Lipinski definition) is 10. The van der Waals surface area contributed by atoms with Crippen LogP contribution in [0, 0.1) is 0 Å². The summed E-state index contributed by atoms with van der Waals surface area (Å²) < 4.78 is 5.54. The van der Waals surface area contributed by atoms with Crippen molar-refractivity contribution in [3.8, 4) is 5.75 Å². The Morgan fingerprint density at radius 3 is 2.20 bits per heavy atom. The van der Waals surface area contributed by atoms with Crippen LogP contribution in [0.1, 0.15) is 58.4 Å². The van der Waals surface area contributed by atoms with E-state index >= 15 is 0 Å². The zero-order chi connectivity index (χ0) is 40.2. The van der Waals surface area contributed by atoms with Crippen LogP contribution < -0.4 is 42.8 Å². The van der Waals surface area contributed by atoms with E-state index in [0.29, 0.717) is 24.1 Å². The predicted octanol–water partition coefficient (Wildman–Crippen LogP) is -1.02. The first kappa shape index (κ1) is 42.9. The summed E-state index contributed by atoms with van der Waals surface area (Å²) in [6.45, 7) is 5.11. The minimum atomic E-state index is -1.78. The van der Waals surface area contributed by atoms with Crippen LogP contribution in [0.3, 0.4) is 0 Å². The fourth-order valence-corrected chi connectivity index (χ4v) is 5.85. The maximum absolute atomic E-state index is 13.7. The van der Waals surface area contributed by atoms with Crippen molar-refractivity contribution in [1.82, 2.24) is 20.9 Å². The average molecular weight is 753 g/mol. The van der Waals surface area contributed by atoms with Crippen molar-refractivity contribution < 1.29 is 43.4 Å². The van der Waals surface area contributed by atoms with Gasteiger partial charge in [-0.05, 0) is 76.3 Å². The van der Waals surface area contributed by atoms with Crippen LogP contribution in [0.5, 0.6) is 5.75 Å². The minimum absolute atomic E-state index is 0.00260. The quantitative estimate of drug-likeness (QED) is 0.0974. The summed E-state index contributed by atoms with van der Waals surface area (Å²) in [7, 11) is 1.51. The number of primary amides is 2. The number of benzene rings is 2. The number of aliphatic hydroxyl groups excluding tert-OH is 1. The van der Waals surface area contributed by atoms with Crippen molar-refractivity contribution >= 4 is 47.0 Å². The first-order valence-electron chi connectivity index (χ1n) is 17.6. The lowest BCUT2D eigenvalue weighted by atomic mass is 9.99. The highest BCUT2D eigenvalue weighted by Crippen LogP contribution is 2.22. The number of carbonyl (C=O) groups is 7. The van der Waals surface area contributed by atoms with E-state index < -0.39 is 84.3 Å². The van der Waals surface area contributed by atoms with Crippen molar-refractivity contribution in [1.29, 1.82) is 0 Å². The largest absolute Gasteiger partial charge is 0.484 e. The molecule has 5 atom stereocenters. The van der Waals surface area contributed by atoms with E-state index in [-0.39, 0.29) is 37.5 Å². The first-order valence-corrected chi connectivity index (χ1v) is 17.6. The molecule has 0 radical (unpaired) electrons. The Morgan fingerprint density at radius 2 is 1.61 bits per heavy atom. The Balaban J connectivity index is 1.69. The molecule has 10 N–H and O–H groups in total. The third kappa shape index (κ3) is 13.1. The lowest BCUT2D eigenvalue weighted by molar-refractivity contribution is -0.147. The molecule has 0 aromatic heterocycles. The Labute approximate surface area is 314 Å². The smallest absolute Gasteiger partial charge is 0.258 e. The van der Waals surface area contributed by atoms with E-state index in [0.717, 1.165) is 0 Å². The number of nitrogens with one attached hydrogen (secondary N) is 3. The lowest BCUT2D eigenvalue weighted by Gasteiger charge is -2.32. The number of amides is 7. The van der Waals surface area contributed by atoms with Crippen LogP contribution in [-0.2, 0) is 40.0 Å². The van der Waals surface area contributed by atoms with Gasteiger partial charge in [-0.25, -0.2) is 0 Å². The number of nitrogens with two attached hydrogens (primary N) is 3. The summed E-state index contributed by atoms with van der Waals surface area (Å²) in [5, 5.41) is 19.3. The standard InChI is InChI=1S/C37H52N8O9/c1-37(2,3)43-34(51)28-11-8-18-45(28)36(53)32(49)26(19-22-9-6-5-7-10-22)42-33(50)27(20-30(40)47)41-31(48)21-54-24-14-12-23(13-15-24)44(4)35(52)25(38)16-17-29(39)46/h5-7,9-10,12-15,25-28,32,49H,8,11,16-21,38H2,1-4H3,(H2,39,46)(H2,40,47)(H,41,48)(H,42,50)(H,43,51)/t25-,26-,27-,28-,32-/m0/s1. The molecule has 2 aromatic carbocycles. The molecule has 17 heteroatoms. The monoisotopic (exact) mass is 752 g/mol.